The lowest BCUT2D eigenvalue weighted by atomic mass is 10.1. The quantitative estimate of drug-likeness (QED) is 0.902. The number of hydrogen-bond donors (Lipinski definition) is 1. The summed E-state index contributed by atoms with van der Waals surface area (Å²) < 4.78 is 0. The zero-order valence-electron chi connectivity index (χ0n) is 12.5. The summed E-state index contributed by atoms with van der Waals surface area (Å²) in [5.74, 6) is 0. The molecule has 1 heterocycles. The molecule has 1 aliphatic heterocycles. The van der Waals surface area contributed by atoms with Crippen LogP contribution in [0.15, 0.2) is 24.3 Å². The zero-order valence-corrected chi connectivity index (χ0v) is 12.5. The van der Waals surface area contributed by atoms with Gasteiger partial charge in [-0.05, 0) is 44.0 Å². The first-order valence-electron chi connectivity index (χ1n) is 7.46. The van der Waals surface area contributed by atoms with Crippen LogP contribution in [0, 0.1) is 0 Å². The first-order valence-corrected chi connectivity index (χ1v) is 7.46. The van der Waals surface area contributed by atoms with Crippen LogP contribution in [0.4, 0.5) is 11.4 Å². The van der Waals surface area contributed by atoms with Gasteiger partial charge in [-0.1, -0.05) is 13.0 Å². The molecule has 2 rings (SSSR count). The van der Waals surface area contributed by atoms with Crippen molar-refractivity contribution in [3.8, 4) is 0 Å². The van der Waals surface area contributed by atoms with Gasteiger partial charge in [0.15, 0.2) is 0 Å². The number of nitrogens with zero attached hydrogens (tertiary/aromatic N) is 2. The van der Waals surface area contributed by atoms with Crippen molar-refractivity contribution in [2.75, 3.05) is 43.5 Å². The summed E-state index contributed by atoms with van der Waals surface area (Å²) in [6.45, 7) is 5.72. The number of rotatable bonds is 3. The molecule has 1 unspecified atom stereocenters. The van der Waals surface area contributed by atoms with Crippen molar-refractivity contribution >= 4 is 11.4 Å². The highest BCUT2D eigenvalue weighted by molar-refractivity contribution is 5.58. The first kappa shape index (κ1) is 14.2. The van der Waals surface area contributed by atoms with Gasteiger partial charge < -0.3 is 15.1 Å². The minimum absolute atomic E-state index is 0.680. The Morgan fingerprint density at radius 2 is 2.16 bits per heavy atom. The van der Waals surface area contributed by atoms with Gasteiger partial charge in [0, 0.05) is 44.6 Å². The third-order valence-corrected chi connectivity index (χ3v) is 3.99. The standard InChI is InChI=1S/C16H27N3/c1-4-14-9-12-19(11-6-10-17-14)16-8-5-7-15(13-16)18(2)3/h5,7-8,13-14,17H,4,6,9-12H2,1-3H3. The van der Waals surface area contributed by atoms with Crippen molar-refractivity contribution in [3.63, 3.8) is 0 Å². The molecule has 1 atom stereocenters. The Balaban J connectivity index is 2.08. The number of anilines is 2. The molecule has 0 saturated carbocycles. The topological polar surface area (TPSA) is 18.5 Å². The van der Waals surface area contributed by atoms with Crippen LogP contribution in [0.3, 0.4) is 0 Å². The largest absolute Gasteiger partial charge is 0.378 e. The summed E-state index contributed by atoms with van der Waals surface area (Å²) in [5.41, 5.74) is 2.65. The van der Waals surface area contributed by atoms with E-state index in [2.05, 4.69) is 60.4 Å². The lowest BCUT2D eigenvalue weighted by molar-refractivity contribution is 0.439. The summed E-state index contributed by atoms with van der Waals surface area (Å²) >= 11 is 0. The van der Waals surface area contributed by atoms with Crippen LogP contribution in [-0.4, -0.2) is 39.8 Å². The number of nitrogens with one attached hydrogen (secondary N) is 1. The van der Waals surface area contributed by atoms with E-state index in [4.69, 9.17) is 0 Å². The second-order valence-corrected chi connectivity index (χ2v) is 5.60. The van der Waals surface area contributed by atoms with E-state index in [-0.39, 0.29) is 0 Å². The van der Waals surface area contributed by atoms with Crippen LogP contribution in [0.25, 0.3) is 0 Å². The summed E-state index contributed by atoms with van der Waals surface area (Å²) in [4.78, 5) is 4.71. The van der Waals surface area contributed by atoms with Crippen LogP contribution in [0.1, 0.15) is 26.2 Å². The smallest absolute Gasteiger partial charge is 0.0386 e. The predicted molar refractivity (Wildman–Crippen MR) is 84.3 cm³/mol. The minimum atomic E-state index is 0.680. The van der Waals surface area contributed by atoms with E-state index in [9.17, 15) is 0 Å². The number of hydrogen-bond acceptors (Lipinski definition) is 3. The molecule has 1 aliphatic rings. The average molecular weight is 261 g/mol. The molecule has 19 heavy (non-hydrogen) atoms. The summed E-state index contributed by atoms with van der Waals surface area (Å²) in [7, 11) is 4.20. The van der Waals surface area contributed by atoms with Gasteiger partial charge in [-0.2, -0.15) is 0 Å². The minimum Gasteiger partial charge on any atom is -0.378 e. The molecule has 0 aromatic heterocycles. The maximum atomic E-state index is 3.64. The molecule has 0 aliphatic carbocycles. The molecule has 1 aromatic carbocycles. The Morgan fingerprint density at radius 3 is 2.89 bits per heavy atom. The predicted octanol–water partition coefficient (Wildman–Crippen LogP) is 2.72. The van der Waals surface area contributed by atoms with Gasteiger partial charge in [0.25, 0.3) is 0 Å². The normalized spacial score (nSPS) is 20.8. The highest BCUT2D eigenvalue weighted by Gasteiger charge is 2.14. The Bertz CT molecular complexity index is 389. The van der Waals surface area contributed by atoms with Crippen molar-refractivity contribution in [2.45, 2.75) is 32.2 Å². The highest BCUT2D eigenvalue weighted by Crippen LogP contribution is 2.22. The summed E-state index contributed by atoms with van der Waals surface area (Å²) in [6, 6.07) is 9.56. The van der Waals surface area contributed by atoms with E-state index < -0.39 is 0 Å². The molecular weight excluding hydrogens is 234 g/mol. The summed E-state index contributed by atoms with van der Waals surface area (Å²) in [6.07, 6.45) is 3.69. The zero-order chi connectivity index (χ0) is 13.7. The van der Waals surface area contributed by atoms with E-state index in [0.717, 1.165) is 19.6 Å². The summed E-state index contributed by atoms with van der Waals surface area (Å²) in [5, 5.41) is 3.64. The van der Waals surface area contributed by atoms with E-state index >= 15 is 0 Å². The van der Waals surface area contributed by atoms with Gasteiger partial charge in [-0.15, -0.1) is 0 Å². The molecule has 1 aromatic rings. The van der Waals surface area contributed by atoms with Gasteiger partial charge in [-0.25, -0.2) is 0 Å². The van der Waals surface area contributed by atoms with Gasteiger partial charge >= 0.3 is 0 Å². The lowest BCUT2D eigenvalue weighted by Gasteiger charge is -2.31. The average Bonchev–Trinajstić information content (AvgIpc) is 2.39. The van der Waals surface area contributed by atoms with Crippen molar-refractivity contribution in [3.05, 3.63) is 24.3 Å². The van der Waals surface area contributed by atoms with Crippen molar-refractivity contribution in [2.24, 2.45) is 0 Å². The molecule has 3 heteroatoms. The Hall–Kier alpha value is -1.22. The molecule has 106 valence electrons. The molecule has 0 amide bonds. The van der Waals surface area contributed by atoms with Crippen LogP contribution < -0.4 is 15.1 Å². The van der Waals surface area contributed by atoms with E-state index in [1.54, 1.807) is 0 Å². The molecule has 1 fully saturated rings. The number of benzene rings is 1. The fraction of sp³-hybridized carbons (Fsp3) is 0.625. The first-order chi connectivity index (χ1) is 9.20. The van der Waals surface area contributed by atoms with Crippen molar-refractivity contribution in [1.29, 1.82) is 0 Å². The van der Waals surface area contributed by atoms with Gasteiger partial charge in [-0.3, -0.25) is 0 Å². The SMILES string of the molecule is CCC1CCN(c2cccc(N(C)C)c2)CCCN1. The fourth-order valence-corrected chi connectivity index (χ4v) is 2.68. The monoisotopic (exact) mass is 261 g/mol. The maximum Gasteiger partial charge on any atom is 0.0386 e. The van der Waals surface area contributed by atoms with E-state index in [0.29, 0.717) is 6.04 Å². The maximum absolute atomic E-state index is 3.64. The molecule has 0 radical (unpaired) electrons. The third kappa shape index (κ3) is 3.87. The van der Waals surface area contributed by atoms with E-state index in [1.165, 1.54) is 30.6 Å². The van der Waals surface area contributed by atoms with Gasteiger partial charge in [0.05, 0.1) is 0 Å². The molecule has 1 saturated heterocycles. The molecule has 0 spiro atoms. The highest BCUT2D eigenvalue weighted by atomic mass is 15.1. The van der Waals surface area contributed by atoms with E-state index in [1.807, 2.05) is 0 Å². The Labute approximate surface area is 117 Å². The van der Waals surface area contributed by atoms with Crippen molar-refractivity contribution in [1.82, 2.24) is 5.32 Å². The van der Waals surface area contributed by atoms with Crippen LogP contribution in [0.5, 0.6) is 0 Å². The molecule has 1 N–H and O–H groups in total. The fourth-order valence-electron chi connectivity index (χ4n) is 2.68. The molecule has 0 bridgehead atoms. The van der Waals surface area contributed by atoms with Crippen LogP contribution >= 0.6 is 0 Å². The second kappa shape index (κ2) is 6.80. The van der Waals surface area contributed by atoms with Gasteiger partial charge in [0.1, 0.15) is 0 Å². The van der Waals surface area contributed by atoms with Crippen LogP contribution in [0.2, 0.25) is 0 Å². The van der Waals surface area contributed by atoms with Gasteiger partial charge in [0.2, 0.25) is 0 Å². The third-order valence-electron chi connectivity index (χ3n) is 3.99. The second-order valence-electron chi connectivity index (χ2n) is 5.60. The molecule has 3 nitrogen and oxygen atoms in total. The van der Waals surface area contributed by atoms with Crippen LogP contribution in [-0.2, 0) is 0 Å². The van der Waals surface area contributed by atoms with Crippen molar-refractivity contribution < 1.29 is 0 Å². The molecular formula is C16H27N3. The Kier molecular flexibility index (Phi) is 5.08. The lowest BCUT2D eigenvalue weighted by Crippen LogP contribution is -2.39. The Morgan fingerprint density at radius 1 is 1.32 bits per heavy atom.